The minimum Gasteiger partial charge on any atom is -0.456 e. The van der Waals surface area contributed by atoms with E-state index in [4.69, 9.17) is 8.83 Å². The Morgan fingerprint density at radius 1 is 0.400 bits per heavy atom. The second-order valence-electron chi connectivity index (χ2n) is 28.3. The molecule has 0 saturated heterocycles. The maximum absolute atomic E-state index is 7.43. The third-order valence-electron chi connectivity index (χ3n) is 17.7. The number of nitrogens with zero attached hydrogens (tertiary/aromatic N) is 3. The summed E-state index contributed by atoms with van der Waals surface area (Å²) in [5, 5.41) is 6.91. The molecule has 2 aliphatic heterocycles. The van der Waals surface area contributed by atoms with Gasteiger partial charge in [-0.1, -0.05) is 177 Å². The lowest BCUT2D eigenvalue weighted by molar-refractivity contribution is 0.590. The predicted molar refractivity (Wildman–Crippen MR) is 343 cm³/mol. The van der Waals surface area contributed by atoms with Crippen LogP contribution < -0.4 is 20.6 Å². The van der Waals surface area contributed by atoms with Gasteiger partial charge in [0.2, 0.25) is 0 Å². The van der Waals surface area contributed by atoms with Crippen LogP contribution in [0.5, 0.6) is 0 Å². The first-order valence-corrected chi connectivity index (χ1v) is 28.9. The molecule has 0 radical (unpaired) electrons. The smallest absolute Gasteiger partial charge is 0.333 e. The molecule has 0 N–H and O–H groups in total. The van der Waals surface area contributed by atoms with Gasteiger partial charge in [-0.15, -0.1) is 0 Å². The molecule has 0 atom stereocenters. The van der Waals surface area contributed by atoms with Crippen molar-refractivity contribution in [1.29, 1.82) is 0 Å². The van der Waals surface area contributed by atoms with Gasteiger partial charge in [-0.2, -0.15) is 0 Å². The van der Waals surface area contributed by atoms with Crippen molar-refractivity contribution in [1.82, 2.24) is 4.57 Å². The highest BCUT2D eigenvalue weighted by molar-refractivity contribution is 6.94. The molecule has 0 amide bonds. The van der Waals surface area contributed by atoms with Gasteiger partial charge in [0, 0.05) is 83.6 Å². The van der Waals surface area contributed by atoms with Crippen molar-refractivity contribution in [3.63, 3.8) is 0 Å². The second kappa shape index (κ2) is 16.8. The van der Waals surface area contributed by atoms with Gasteiger partial charge in [-0.3, -0.25) is 0 Å². The zero-order chi connectivity index (χ0) is 55.9. The molecule has 6 heteroatoms. The van der Waals surface area contributed by atoms with Crippen LogP contribution in [0.25, 0.3) is 82.5 Å². The maximum atomic E-state index is 7.43. The molecule has 5 nitrogen and oxygen atoms in total. The third kappa shape index (κ3) is 7.57. The summed E-state index contributed by atoms with van der Waals surface area (Å²) < 4.78 is 17.2. The minimum atomic E-state index is -0.217. The first kappa shape index (κ1) is 50.3. The van der Waals surface area contributed by atoms with Gasteiger partial charge in [0.15, 0.2) is 0 Å². The molecule has 2 aliphatic rings. The molecule has 14 rings (SSSR count). The topological polar surface area (TPSA) is 37.7 Å². The van der Waals surface area contributed by atoms with Crippen molar-refractivity contribution in [2.24, 2.45) is 0 Å². The van der Waals surface area contributed by atoms with Crippen LogP contribution >= 0.6 is 0 Å². The van der Waals surface area contributed by atoms with E-state index in [2.05, 4.69) is 282 Å². The van der Waals surface area contributed by atoms with Crippen molar-refractivity contribution < 1.29 is 8.83 Å². The van der Waals surface area contributed by atoms with Crippen LogP contribution in [0.3, 0.4) is 0 Å². The van der Waals surface area contributed by atoms with Gasteiger partial charge in [-0.05, 0) is 151 Å². The Bertz CT molecular complexity index is 4470. The SMILES string of the molecule is CC(C)(C)c1ccc(N2B3c4cc(C(C)(C)C)ccc4-n4c5ccc(C(C)(C)C)cc5c5c6c(oc7ccccc76)c(c3c54)-c3cc4c(cc32)oc2ccc(N(c3ccc(C(C)(C)C)cc3)c3ccc(C(C)(C)C)cc3)cc24)cc1. The molecule has 12 aromatic rings. The summed E-state index contributed by atoms with van der Waals surface area (Å²) in [6, 6.07) is 62.3. The number of furan rings is 2. The van der Waals surface area contributed by atoms with Gasteiger partial charge in [0.25, 0.3) is 0 Å². The van der Waals surface area contributed by atoms with Crippen LogP contribution in [0.1, 0.15) is 132 Å². The average molecular weight is 1050 g/mol. The van der Waals surface area contributed by atoms with E-state index in [0.717, 1.165) is 83.4 Å². The fourth-order valence-corrected chi connectivity index (χ4v) is 13.2. The molecule has 9 aromatic carbocycles. The van der Waals surface area contributed by atoms with Gasteiger partial charge in [0.05, 0.1) is 11.0 Å². The normalized spacial score (nSPS) is 13.9. The van der Waals surface area contributed by atoms with Gasteiger partial charge >= 0.3 is 6.85 Å². The Morgan fingerprint density at radius 2 is 0.925 bits per heavy atom. The summed E-state index contributed by atoms with van der Waals surface area (Å²) in [6.45, 7) is 34.3. The predicted octanol–water partition coefficient (Wildman–Crippen LogP) is 19.8. The standard InChI is InChI=1S/C74H72BN3O2/c1-70(2,3)43-20-28-48(29-21-43)76(49-30-22-44(23-31-49)71(4,5)6)51-34-37-62-53(40-51)54-41-56-60(42-63(54)79-62)78(50-32-24-45(25-33-50)72(7,8)9)75-57-39-47(74(13,14)15)27-36-59(57)77-58-35-26-46(73(10,11)12)38-55(58)64-65-52-18-16-17-19-61(52)80-69(65)66(56)67(75)68(64)77/h16-42H,1-15H3. The maximum Gasteiger partial charge on any atom is 0.333 e. The number of benzene rings is 9. The summed E-state index contributed by atoms with van der Waals surface area (Å²) in [4.78, 5) is 5.03. The summed E-state index contributed by atoms with van der Waals surface area (Å²) in [5.41, 5.74) is 23.8. The summed E-state index contributed by atoms with van der Waals surface area (Å²) >= 11 is 0. The van der Waals surface area contributed by atoms with E-state index in [1.54, 1.807) is 0 Å². The van der Waals surface area contributed by atoms with E-state index in [1.165, 1.54) is 66.2 Å². The highest BCUT2D eigenvalue weighted by Crippen LogP contribution is 2.53. The molecule has 0 unspecified atom stereocenters. The molecule has 0 bridgehead atoms. The Balaban J connectivity index is 1.11. The number of fused-ring (bicyclic) bond motifs is 16. The van der Waals surface area contributed by atoms with Crippen LogP contribution in [0, 0.1) is 0 Å². The fraction of sp³-hybridized carbons (Fsp3) is 0.270. The van der Waals surface area contributed by atoms with Gasteiger partial charge in [-0.25, -0.2) is 0 Å². The largest absolute Gasteiger partial charge is 0.456 e. The molecule has 0 spiro atoms. The summed E-state index contributed by atoms with van der Waals surface area (Å²) in [6.07, 6.45) is 0. The highest BCUT2D eigenvalue weighted by Gasteiger charge is 2.47. The van der Waals surface area contributed by atoms with Crippen molar-refractivity contribution in [2.45, 2.75) is 131 Å². The lowest BCUT2D eigenvalue weighted by atomic mass is 9.43. The molecule has 398 valence electrons. The fourth-order valence-electron chi connectivity index (χ4n) is 13.2. The molecule has 3 aromatic heterocycles. The summed E-state index contributed by atoms with van der Waals surface area (Å²) in [5.74, 6) is 0. The molecule has 5 heterocycles. The molecule has 0 saturated carbocycles. The molecule has 0 fully saturated rings. The third-order valence-corrected chi connectivity index (χ3v) is 17.7. The molecular formula is C74H72BN3O2. The molecule has 0 aliphatic carbocycles. The lowest BCUT2D eigenvalue weighted by Crippen LogP contribution is -2.60. The number of aromatic nitrogens is 1. The van der Waals surface area contributed by atoms with Gasteiger partial charge in [0.1, 0.15) is 22.3 Å². The Labute approximate surface area is 471 Å². The quantitative estimate of drug-likeness (QED) is 0.165. The Hall–Kier alpha value is -7.96. The van der Waals surface area contributed by atoms with Crippen molar-refractivity contribution in [2.75, 3.05) is 9.71 Å². The van der Waals surface area contributed by atoms with E-state index >= 15 is 0 Å². The van der Waals surface area contributed by atoms with E-state index in [9.17, 15) is 0 Å². The van der Waals surface area contributed by atoms with Crippen molar-refractivity contribution in [3.8, 4) is 16.8 Å². The monoisotopic (exact) mass is 1050 g/mol. The van der Waals surface area contributed by atoms with E-state index < -0.39 is 0 Å². The second-order valence-corrected chi connectivity index (χ2v) is 28.3. The zero-order valence-corrected chi connectivity index (χ0v) is 49.3. The van der Waals surface area contributed by atoms with Crippen molar-refractivity contribution in [3.05, 3.63) is 192 Å². The highest BCUT2D eigenvalue weighted by atomic mass is 16.3. The number of anilines is 5. The van der Waals surface area contributed by atoms with Crippen LogP contribution in [-0.2, 0) is 27.1 Å². The average Bonchev–Trinajstić information content (AvgIpc) is 4.11. The van der Waals surface area contributed by atoms with Crippen LogP contribution in [0.15, 0.2) is 173 Å². The Kier molecular flexibility index (Phi) is 10.6. The van der Waals surface area contributed by atoms with Crippen molar-refractivity contribution >= 4 is 112 Å². The first-order chi connectivity index (χ1) is 37.8. The minimum absolute atomic E-state index is 0.0173. The zero-order valence-electron chi connectivity index (χ0n) is 49.3. The van der Waals surface area contributed by atoms with E-state index in [-0.39, 0.29) is 33.9 Å². The number of hydrogen-bond acceptors (Lipinski definition) is 4. The summed E-state index contributed by atoms with van der Waals surface area (Å²) in [7, 11) is 0. The van der Waals surface area contributed by atoms with E-state index in [1.807, 2.05) is 0 Å². The number of hydrogen-bond donors (Lipinski definition) is 0. The Morgan fingerprint density at radius 3 is 1.54 bits per heavy atom. The molecular weight excluding hydrogens is 974 g/mol. The van der Waals surface area contributed by atoms with Crippen LogP contribution in [0.4, 0.5) is 28.4 Å². The van der Waals surface area contributed by atoms with Crippen LogP contribution in [-0.4, -0.2) is 11.4 Å². The molecule has 80 heavy (non-hydrogen) atoms. The van der Waals surface area contributed by atoms with Gasteiger partial charge < -0.3 is 23.1 Å². The number of para-hydroxylation sites is 1. The van der Waals surface area contributed by atoms with Crippen LogP contribution in [0.2, 0.25) is 0 Å². The first-order valence-electron chi connectivity index (χ1n) is 28.9. The lowest BCUT2D eigenvalue weighted by Gasteiger charge is -2.42. The van der Waals surface area contributed by atoms with E-state index in [0.29, 0.717) is 0 Å². The number of rotatable bonds is 4.